The normalized spacial score (nSPS) is 9.50. The highest BCUT2D eigenvalue weighted by atomic mass is 16.5. The van der Waals surface area contributed by atoms with Gasteiger partial charge in [0.1, 0.15) is 6.61 Å². The molecule has 64 valence electrons. The van der Waals surface area contributed by atoms with Gasteiger partial charge in [0.25, 0.3) is 0 Å². The molecular formula is C10H13NO. The summed E-state index contributed by atoms with van der Waals surface area (Å²) in [6.45, 7) is 8.19. The summed E-state index contributed by atoms with van der Waals surface area (Å²) in [5, 5.41) is 0. The third kappa shape index (κ3) is 2.38. The Morgan fingerprint density at radius 2 is 2.42 bits per heavy atom. The fourth-order valence-corrected chi connectivity index (χ4v) is 0.814. The number of hydrogen-bond donors (Lipinski definition) is 0. The van der Waals surface area contributed by atoms with Gasteiger partial charge in [-0.05, 0) is 25.5 Å². The van der Waals surface area contributed by atoms with E-state index in [9.17, 15) is 0 Å². The smallest absolute Gasteiger partial charge is 0.216 e. The van der Waals surface area contributed by atoms with E-state index in [1.807, 2.05) is 26.0 Å². The molecule has 0 saturated carbocycles. The molecule has 1 aromatic heterocycles. The summed E-state index contributed by atoms with van der Waals surface area (Å²) < 4.78 is 5.39. The maximum absolute atomic E-state index is 5.39. The number of rotatable bonds is 3. The van der Waals surface area contributed by atoms with E-state index in [4.69, 9.17) is 4.74 Å². The first-order chi connectivity index (χ1) is 5.70. The van der Waals surface area contributed by atoms with Crippen molar-refractivity contribution in [1.82, 2.24) is 4.98 Å². The summed E-state index contributed by atoms with van der Waals surface area (Å²) in [4.78, 5) is 4.09. The fraction of sp³-hybridized carbons (Fsp3) is 0.300. The van der Waals surface area contributed by atoms with Crippen LogP contribution in [-0.4, -0.2) is 11.6 Å². The number of ether oxygens (including phenoxy) is 1. The average Bonchev–Trinajstić information content (AvgIpc) is 2.03. The van der Waals surface area contributed by atoms with Crippen molar-refractivity contribution in [3.8, 4) is 5.88 Å². The highest BCUT2D eigenvalue weighted by Crippen LogP contribution is 2.12. The minimum atomic E-state index is 0.540. The van der Waals surface area contributed by atoms with Gasteiger partial charge in [0.05, 0.1) is 0 Å². The van der Waals surface area contributed by atoms with E-state index in [2.05, 4.69) is 11.6 Å². The summed E-state index contributed by atoms with van der Waals surface area (Å²) in [5.74, 6) is 0.695. The van der Waals surface area contributed by atoms with Crippen molar-refractivity contribution in [2.45, 2.75) is 13.8 Å². The summed E-state index contributed by atoms with van der Waals surface area (Å²) >= 11 is 0. The molecule has 0 aliphatic heterocycles. The summed E-state index contributed by atoms with van der Waals surface area (Å²) in [5.41, 5.74) is 2.05. The highest BCUT2D eigenvalue weighted by Gasteiger charge is 1.97. The van der Waals surface area contributed by atoms with Crippen molar-refractivity contribution in [3.05, 3.63) is 36.0 Å². The van der Waals surface area contributed by atoms with E-state index in [1.165, 1.54) is 0 Å². The molecule has 0 aliphatic carbocycles. The second-order valence-electron chi connectivity index (χ2n) is 2.87. The van der Waals surface area contributed by atoms with Crippen LogP contribution in [0.2, 0.25) is 0 Å². The molecule has 2 nitrogen and oxygen atoms in total. The van der Waals surface area contributed by atoms with Crippen molar-refractivity contribution in [2.24, 2.45) is 0 Å². The van der Waals surface area contributed by atoms with E-state index in [1.54, 1.807) is 6.20 Å². The van der Waals surface area contributed by atoms with Gasteiger partial charge in [-0.2, -0.15) is 0 Å². The topological polar surface area (TPSA) is 22.1 Å². The number of aryl methyl sites for hydroxylation is 1. The van der Waals surface area contributed by atoms with E-state index in [0.717, 1.165) is 11.1 Å². The van der Waals surface area contributed by atoms with Gasteiger partial charge in [-0.1, -0.05) is 12.6 Å². The zero-order valence-corrected chi connectivity index (χ0v) is 7.50. The molecule has 0 saturated heterocycles. The van der Waals surface area contributed by atoms with E-state index < -0.39 is 0 Å². The number of aromatic nitrogens is 1. The second-order valence-corrected chi connectivity index (χ2v) is 2.87. The minimum absolute atomic E-state index is 0.540. The zero-order valence-electron chi connectivity index (χ0n) is 7.50. The van der Waals surface area contributed by atoms with Gasteiger partial charge in [0, 0.05) is 11.8 Å². The number of hydrogen-bond acceptors (Lipinski definition) is 2. The Labute approximate surface area is 72.9 Å². The van der Waals surface area contributed by atoms with Crippen molar-refractivity contribution in [2.75, 3.05) is 6.61 Å². The van der Waals surface area contributed by atoms with Crippen LogP contribution in [-0.2, 0) is 0 Å². The first-order valence-electron chi connectivity index (χ1n) is 3.89. The van der Waals surface area contributed by atoms with Gasteiger partial charge in [-0.3, -0.25) is 0 Å². The summed E-state index contributed by atoms with van der Waals surface area (Å²) in [6.07, 6.45) is 1.72. The Morgan fingerprint density at radius 1 is 1.67 bits per heavy atom. The Morgan fingerprint density at radius 3 is 3.00 bits per heavy atom. The Kier molecular flexibility index (Phi) is 2.86. The number of pyridine rings is 1. The van der Waals surface area contributed by atoms with E-state index in [-0.39, 0.29) is 0 Å². The highest BCUT2D eigenvalue weighted by molar-refractivity contribution is 5.23. The van der Waals surface area contributed by atoms with Gasteiger partial charge < -0.3 is 4.74 Å². The van der Waals surface area contributed by atoms with Crippen molar-refractivity contribution in [3.63, 3.8) is 0 Å². The molecule has 0 amide bonds. The van der Waals surface area contributed by atoms with Gasteiger partial charge >= 0.3 is 0 Å². The Hall–Kier alpha value is -1.31. The average molecular weight is 163 g/mol. The molecule has 1 heterocycles. The first kappa shape index (κ1) is 8.78. The van der Waals surface area contributed by atoms with Gasteiger partial charge in [0.2, 0.25) is 5.88 Å². The van der Waals surface area contributed by atoms with Crippen molar-refractivity contribution >= 4 is 0 Å². The predicted molar refractivity (Wildman–Crippen MR) is 49.3 cm³/mol. The third-order valence-electron chi connectivity index (χ3n) is 1.42. The molecule has 0 unspecified atom stereocenters. The molecule has 0 atom stereocenters. The molecule has 1 aromatic rings. The number of nitrogens with zero attached hydrogens (tertiary/aromatic N) is 1. The third-order valence-corrected chi connectivity index (χ3v) is 1.42. The zero-order chi connectivity index (χ0) is 8.97. The summed E-state index contributed by atoms with van der Waals surface area (Å²) in [6, 6.07) is 3.86. The predicted octanol–water partition coefficient (Wildman–Crippen LogP) is 2.34. The first-order valence-corrected chi connectivity index (χ1v) is 3.89. The molecule has 0 aromatic carbocycles. The van der Waals surface area contributed by atoms with Crippen LogP contribution in [0.3, 0.4) is 0 Å². The molecule has 0 fully saturated rings. The van der Waals surface area contributed by atoms with Crippen LogP contribution >= 0.6 is 0 Å². The van der Waals surface area contributed by atoms with Crippen molar-refractivity contribution < 1.29 is 4.74 Å². The lowest BCUT2D eigenvalue weighted by Crippen LogP contribution is -2.00. The van der Waals surface area contributed by atoms with Crippen LogP contribution in [0.25, 0.3) is 0 Å². The standard InChI is InChI=1S/C10H13NO/c1-8(2)7-12-10-9(3)5-4-6-11-10/h4-6H,1,7H2,2-3H3. The molecule has 2 heteroatoms. The van der Waals surface area contributed by atoms with E-state index >= 15 is 0 Å². The van der Waals surface area contributed by atoms with Crippen LogP contribution in [0.4, 0.5) is 0 Å². The minimum Gasteiger partial charge on any atom is -0.473 e. The van der Waals surface area contributed by atoms with Crippen LogP contribution in [0.15, 0.2) is 30.5 Å². The molecule has 0 N–H and O–H groups in total. The Balaban J connectivity index is 2.63. The van der Waals surface area contributed by atoms with Crippen LogP contribution in [0, 0.1) is 6.92 Å². The lowest BCUT2D eigenvalue weighted by Gasteiger charge is -2.06. The molecule has 0 aliphatic rings. The lowest BCUT2D eigenvalue weighted by atomic mass is 10.3. The molecular weight excluding hydrogens is 150 g/mol. The molecule has 12 heavy (non-hydrogen) atoms. The largest absolute Gasteiger partial charge is 0.473 e. The molecule has 1 rings (SSSR count). The Bertz CT molecular complexity index is 281. The molecule has 0 bridgehead atoms. The quantitative estimate of drug-likeness (QED) is 0.638. The maximum atomic E-state index is 5.39. The molecule has 0 spiro atoms. The van der Waals surface area contributed by atoms with Crippen LogP contribution < -0.4 is 4.74 Å². The maximum Gasteiger partial charge on any atom is 0.216 e. The van der Waals surface area contributed by atoms with Gasteiger partial charge in [-0.25, -0.2) is 4.98 Å². The second kappa shape index (κ2) is 3.90. The van der Waals surface area contributed by atoms with Crippen LogP contribution in [0.1, 0.15) is 12.5 Å². The summed E-state index contributed by atoms with van der Waals surface area (Å²) in [7, 11) is 0. The van der Waals surface area contributed by atoms with E-state index in [0.29, 0.717) is 12.5 Å². The fourth-order valence-electron chi connectivity index (χ4n) is 0.814. The monoisotopic (exact) mass is 163 g/mol. The SMILES string of the molecule is C=C(C)COc1ncccc1C. The van der Waals surface area contributed by atoms with Gasteiger partial charge in [-0.15, -0.1) is 0 Å². The molecule has 0 radical (unpaired) electrons. The lowest BCUT2D eigenvalue weighted by molar-refractivity contribution is 0.336. The van der Waals surface area contributed by atoms with Crippen LogP contribution in [0.5, 0.6) is 5.88 Å². The van der Waals surface area contributed by atoms with Crippen molar-refractivity contribution in [1.29, 1.82) is 0 Å². The van der Waals surface area contributed by atoms with Gasteiger partial charge in [0.15, 0.2) is 0 Å².